The fourth-order valence-corrected chi connectivity index (χ4v) is 4.77. The Bertz CT molecular complexity index is 1120. The minimum atomic E-state index is -0.196. The summed E-state index contributed by atoms with van der Waals surface area (Å²) in [6.07, 6.45) is 0.288. The second-order valence-electron chi connectivity index (χ2n) is 8.32. The molecule has 1 aliphatic rings. The molecule has 32 heavy (non-hydrogen) atoms. The number of amides is 2. The number of aromatic amines is 1. The van der Waals surface area contributed by atoms with Crippen LogP contribution in [-0.4, -0.2) is 59.3 Å². The maximum Gasteiger partial charge on any atom is 0.255 e. The van der Waals surface area contributed by atoms with Gasteiger partial charge in [0.05, 0.1) is 6.04 Å². The van der Waals surface area contributed by atoms with Crippen molar-refractivity contribution >= 4 is 22.7 Å². The normalized spacial score (nSPS) is 15.6. The van der Waals surface area contributed by atoms with E-state index in [1.54, 1.807) is 0 Å². The summed E-state index contributed by atoms with van der Waals surface area (Å²) in [5, 5.41) is 4.13. The zero-order valence-corrected chi connectivity index (χ0v) is 19.1. The molecule has 3 aromatic rings. The first kappa shape index (κ1) is 22.1. The number of benzene rings is 2. The van der Waals surface area contributed by atoms with Gasteiger partial charge in [-0.25, -0.2) is 0 Å². The van der Waals surface area contributed by atoms with Gasteiger partial charge in [0.1, 0.15) is 0 Å². The molecule has 0 saturated heterocycles. The van der Waals surface area contributed by atoms with Crippen LogP contribution in [0.5, 0.6) is 0 Å². The van der Waals surface area contributed by atoms with Crippen LogP contribution in [-0.2, 0) is 4.79 Å². The van der Waals surface area contributed by atoms with Crippen LogP contribution >= 0.6 is 0 Å². The van der Waals surface area contributed by atoms with Gasteiger partial charge in [0.15, 0.2) is 0 Å². The number of carbonyl (C=O) groups excluding carboxylic acids is 2. The number of aromatic nitrogens is 1. The van der Waals surface area contributed by atoms with Crippen LogP contribution in [0.4, 0.5) is 0 Å². The Morgan fingerprint density at radius 3 is 2.59 bits per heavy atom. The molecular weight excluding hydrogens is 400 g/mol. The third-order valence-corrected chi connectivity index (χ3v) is 6.50. The molecule has 0 aliphatic carbocycles. The average molecular weight is 433 g/mol. The van der Waals surface area contributed by atoms with Gasteiger partial charge in [0.25, 0.3) is 5.91 Å². The van der Waals surface area contributed by atoms with E-state index in [0.717, 1.165) is 52.9 Å². The standard InChI is InChI=1S/C26H32N4O2/c1-4-29(5-2)17-15-27-23(31)14-16-30-25(19-10-6-7-11-20(19)26(30)32)24-18(3)28-22-13-9-8-12-21(22)24/h6-13,25,28H,4-5,14-17H2,1-3H3,(H,27,31)/t25-/m1/s1. The summed E-state index contributed by atoms with van der Waals surface area (Å²) in [7, 11) is 0. The maximum atomic E-state index is 13.3. The second kappa shape index (κ2) is 9.57. The van der Waals surface area contributed by atoms with Crippen LogP contribution in [0.1, 0.15) is 53.5 Å². The van der Waals surface area contributed by atoms with Crippen LogP contribution in [0.15, 0.2) is 48.5 Å². The molecule has 2 aromatic carbocycles. The number of hydrogen-bond donors (Lipinski definition) is 2. The quantitative estimate of drug-likeness (QED) is 0.539. The summed E-state index contributed by atoms with van der Waals surface area (Å²) in [5.74, 6) is -0.0264. The predicted octanol–water partition coefficient (Wildman–Crippen LogP) is 3.87. The molecule has 2 amide bonds. The average Bonchev–Trinajstić information content (AvgIpc) is 3.28. The molecule has 0 spiro atoms. The molecule has 168 valence electrons. The second-order valence-corrected chi connectivity index (χ2v) is 8.32. The Kier molecular flexibility index (Phi) is 6.61. The Morgan fingerprint density at radius 2 is 1.81 bits per heavy atom. The largest absolute Gasteiger partial charge is 0.358 e. The van der Waals surface area contributed by atoms with Crippen molar-refractivity contribution in [2.75, 3.05) is 32.7 Å². The topological polar surface area (TPSA) is 68.4 Å². The molecule has 0 fully saturated rings. The third-order valence-electron chi connectivity index (χ3n) is 6.50. The third kappa shape index (κ3) is 4.15. The fourth-order valence-electron chi connectivity index (χ4n) is 4.77. The number of fused-ring (bicyclic) bond motifs is 2. The van der Waals surface area contributed by atoms with Gasteiger partial charge in [0.2, 0.25) is 5.91 Å². The van der Waals surface area contributed by atoms with E-state index in [2.05, 4.69) is 48.1 Å². The minimum Gasteiger partial charge on any atom is -0.358 e. The van der Waals surface area contributed by atoms with Gasteiger partial charge in [-0.1, -0.05) is 50.2 Å². The van der Waals surface area contributed by atoms with Crippen molar-refractivity contribution in [3.05, 3.63) is 70.9 Å². The van der Waals surface area contributed by atoms with Crippen molar-refractivity contribution in [1.82, 2.24) is 20.1 Å². The van der Waals surface area contributed by atoms with Gasteiger partial charge in [0, 0.05) is 53.8 Å². The fraction of sp³-hybridized carbons (Fsp3) is 0.385. The van der Waals surface area contributed by atoms with Gasteiger partial charge >= 0.3 is 0 Å². The first-order valence-electron chi connectivity index (χ1n) is 11.5. The number of H-pyrrole nitrogens is 1. The van der Waals surface area contributed by atoms with E-state index >= 15 is 0 Å². The van der Waals surface area contributed by atoms with Crippen molar-refractivity contribution in [1.29, 1.82) is 0 Å². The van der Waals surface area contributed by atoms with E-state index in [1.807, 2.05) is 41.3 Å². The van der Waals surface area contributed by atoms with Crippen molar-refractivity contribution in [2.45, 2.75) is 33.2 Å². The highest BCUT2D eigenvalue weighted by atomic mass is 16.2. The van der Waals surface area contributed by atoms with E-state index in [-0.39, 0.29) is 24.3 Å². The monoisotopic (exact) mass is 432 g/mol. The lowest BCUT2D eigenvalue weighted by Gasteiger charge is -2.26. The summed E-state index contributed by atoms with van der Waals surface area (Å²) in [6, 6.07) is 15.8. The van der Waals surface area contributed by atoms with E-state index in [1.165, 1.54) is 0 Å². The first-order valence-corrected chi connectivity index (χ1v) is 11.5. The molecule has 4 rings (SSSR count). The zero-order chi connectivity index (χ0) is 22.7. The molecule has 0 unspecified atom stereocenters. The molecule has 1 aliphatic heterocycles. The van der Waals surface area contributed by atoms with Crippen molar-refractivity contribution in [3.8, 4) is 0 Å². The van der Waals surface area contributed by atoms with Gasteiger partial charge in [-0.15, -0.1) is 0 Å². The highest BCUT2D eigenvalue weighted by Crippen LogP contribution is 2.42. The smallest absolute Gasteiger partial charge is 0.255 e. The van der Waals surface area contributed by atoms with Gasteiger partial charge < -0.3 is 20.1 Å². The predicted molar refractivity (Wildman–Crippen MR) is 128 cm³/mol. The maximum absolute atomic E-state index is 13.3. The number of nitrogens with zero attached hydrogens (tertiary/aromatic N) is 2. The van der Waals surface area contributed by atoms with Crippen LogP contribution in [0.3, 0.4) is 0 Å². The molecule has 6 heteroatoms. The zero-order valence-electron chi connectivity index (χ0n) is 19.1. The van der Waals surface area contributed by atoms with Crippen LogP contribution in [0.2, 0.25) is 0 Å². The first-order chi connectivity index (χ1) is 15.5. The number of hydrogen-bond acceptors (Lipinski definition) is 3. The summed E-state index contributed by atoms with van der Waals surface area (Å²) in [5.41, 5.74) is 4.96. The van der Waals surface area contributed by atoms with Crippen LogP contribution in [0, 0.1) is 6.92 Å². The molecule has 2 heterocycles. The minimum absolute atomic E-state index is 0.00813. The number of para-hydroxylation sites is 1. The highest BCUT2D eigenvalue weighted by molar-refractivity contribution is 6.01. The summed E-state index contributed by atoms with van der Waals surface area (Å²) >= 11 is 0. The molecule has 1 atom stereocenters. The molecule has 1 aromatic heterocycles. The number of nitrogens with one attached hydrogen (secondary N) is 2. The van der Waals surface area contributed by atoms with E-state index in [9.17, 15) is 9.59 Å². The number of aryl methyl sites for hydroxylation is 1. The van der Waals surface area contributed by atoms with Crippen LogP contribution in [0.25, 0.3) is 10.9 Å². The SMILES string of the molecule is CCN(CC)CCNC(=O)CCN1C(=O)c2ccccc2[C@@H]1c1c(C)[nH]c2ccccc12. The highest BCUT2D eigenvalue weighted by Gasteiger charge is 2.39. The van der Waals surface area contributed by atoms with E-state index in [4.69, 9.17) is 0 Å². The van der Waals surface area contributed by atoms with Gasteiger partial charge in [-0.05, 0) is 37.7 Å². The molecule has 6 nitrogen and oxygen atoms in total. The Balaban J connectivity index is 1.55. The van der Waals surface area contributed by atoms with E-state index in [0.29, 0.717) is 13.1 Å². The number of carbonyl (C=O) groups is 2. The molecule has 0 bridgehead atoms. The Morgan fingerprint density at radius 1 is 1.09 bits per heavy atom. The van der Waals surface area contributed by atoms with Crippen molar-refractivity contribution in [2.24, 2.45) is 0 Å². The molecule has 0 saturated carbocycles. The lowest BCUT2D eigenvalue weighted by Crippen LogP contribution is -2.37. The van der Waals surface area contributed by atoms with Gasteiger partial charge in [-0.3, -0.25) is 9.59 Å². The summed E-state index contributed by atoms with van der Waals surface area (Å²) in [4.78, 5) is 33.5. The lowest BCUT2D eigenvalue weighted by atomic mass is 9.95. The number of likely N-dealkylation sites (N-methyl/N-ethyl adjacent to an activating group) is 1. The number of rotatable bonds is 9. The Hall–Kier alpha value is -3.12. The Labute approximate surface area is 189 Å². The van der Waals surface area contributed by atoms with Gasteiger partial charge in [-0.2, -0.15) is 0 Å². The molecule has 2 N–H and O–H groups in total. The van der Waals surface area contributed by atoms with Crippen molar-refractivity contribution < 1.29 is 9.59 Å². The molecule has 0 radical (unpaired) electrons. The van der Waals surface area contributed by atoms with Crippen molar-refractivity contribution in [3.63, 3.8) is 0 Å². The van der Waals surface area contributed by atoms with Crippen LogP contribution < -0.4 is 5.32 Å². The lowest BCUT2D eigenvalue weighted by molar-refractivity contribution is -0.121. The van der Waals surface area contributed by atoms with E-state index < -0.39 is 0 Å². The summed E-state index contributed by atoms with van der Waals surface area (Å²) < 4.78 is 0. The molecular formula is C26H32N4O2. The summed E-state index contributed by atoms with van der Waals surface area (Å²) in [6.45, 7) is 10.1.